The number of hydrogen-bond donors (Lipinski definition) is 0. The van der Waals surface area contributed by atoms with Gasteiger partial charge in [-0.1, -0.05) is 29.4 Å². The largest absolute Gasteiger partial charge is 0.462 e. The molecule has 2 aromatic rings. The molecule has 26 heavy (non-hydrogen) atoms. The van der Waals surface area contributed by atoms with E-state index < -0.39 is 10.9 Å². The number of carbonyl (C=O) groups is 1. The molecule has 0 aliphatic heterocycles. The molecule has 0 radical (unpaired) electrons. The molecule has 0 bridgehead atoms. The molecular weight excluding hydrogens is 376 g/mol. The van der Waals surface area contributed by atoms with Crippen LogP contribution in [-0.2, 0) is 9.53 Å². The van der Waals surface area contributed by atoms with E-state index in [1.165, 1.54) is 23.9 Å². The Balaban J connectivity index is 2.36. The maximum absolute atomic E-state index is 11.7. The van der Waals surface area contributed by atoms with Crippen molar-refractivity contribution in [3.63, 3.8) is 0 Å². The topological polar surface area (TPSA) is 93.2 Å². The molecule has 0 saturated heterocycles. The van der Waals surface area contributed by atoms with Crippen LogP contribution in [0.3, 0.4) is 0 Å². The molecule has 0 spiro atoms. The normalized spacial score (nSPS) is 10.9. The summed E-state index contributed by atoms with van der Waals surface area (Å²) in [6.07, 6.45) is 1.27. The second-order valence-electron chi connectivity index (χ2n) is 4.93. The quantitative estimate of drug-likeness (QED) is 0.230. The third-order valence-corrected chi connectivity index (χ3v) is 4.47. The van der Waals surface area contributed by atoms with E-state index in [9.17, 15) is 14.9 Å². The van der Waals surface area contributed by atoms with Crippen molar-refractivity contribution in [3.8, 4) is 6.07 Å². The first-order valence-corrected chi connectivity index (χ1v) is 8.64. The number of halogens is 1. The lowest BCUT2D eigenvalue weighted by molar-refractivity contribution is -0.387. The van der Waals surface area contributed by atoms with E-state index in [-0.39, 0.29) is 17.9 Å². The first-order valence-electron chi connectivity index (χ1n) is 7.45. The number of carbonyl (C=O) groups excluding carboxylic acids is 1. The van der Waals surface area contributed by atoms with Gasteiger partial charge in [-0.25, -0.2) is 4.79 Å². The second kappa shape index (κ2) is 9.04. The molecule has 8 heteroatoms. The minimum Gasteiger partial charge on any atom is -0.462 e. The standard InChI is InChI=1S/C18H13ClN2O4S/c1-2-25-18(22)13(11-20)9-12-3-8-17(16(10-12)21(23)24)26-15-6-4-14(19)5-7-15/h3-10H,2H2,1H3/b13-9+. The zero-order chi connectivity index (χ0) is 19.1. The summed E-state index contributed by atoms with van der Waals surface area (Å²) in [7, 11) is 0. The van der Waals surface area contributed by atoms with Gasteiger partial charge in [-0.3, -0.25) is 10.1 Å². The molecule has 2 aromatic carbocycles. The molecule has 0 saturated carbocycles. The molecule has 0 unspecified atom stereocenters. The van der Waals surface area contributed by atoms with Crippen LogP contribution in [0.25, 0.3) is 6.08 Å². The predicted molar refractivity (Wildman–Crippen MR) is 98.9 cm³/mol. The Bertz CT molecular complexity index is 904. The number of nitro groups is 1. The first-order chi connectivity index (χ1) is 12.4. The number of esters is 1. The molecule has 0 N–H and O–H groups in total. The highest BCUT2D eigenvalue weighted by Crippen LogP contribution is 2.36. The Morgan fingerprint density at radius 2 is 2.04 bits per heavy atom. The maximum Gasteiger partial charge on any atom is 0.348 e. The summed E-state index contributed by atoms with van der Waals surface area (Å²) in [5.41, 5.74) is 0.0147. The summed E-state index contributed by atoms with van der Waals surface area (Å²) in [6, 6.07) is 13.2. The molecule has 0 aliphatic carbocycles. The van der Waals surface area contributed by atoms with E-state index in [1.807, 2.05) is 0 Å². The zero-order valence-corrected chi connectivity index (χ0v) is 15.2. The molecule has 2 rings (SSSR count). The molecule has 0 aromatic heterocycles. The summed E-state index contributed by atoms with van der Waals surface area (Å²) in [6.45, 7) is 1.76. The molecule has 0 fully saturated rings. The number of ether oxygens (including phenoxy) is 1. The van der Waals surface area contributed by atoms with Crippen molar-refractivity contribution in [3.05, 3.63) is 68.7 Å². The van der Waals surface area contributed by atoms with Crippen LogP contribution in [0.5, 0.6) is 0 Å². The summed E-state index contributed by atoms with van der Waals surface area (Å²) >= 11 is 7.06. The van der Waals surface area contributed by atoms with E-state index in [0.717, 1.165) is 4.90 Å². The first kappa shape index (κ1) is 19.5. The van der Waals surface area contributed by atoms with Crippen LogP contribution in [0.4, 0.5) is 5.69 Å². The fourth-order valence-corrected chi connectivity index (χ4v) is 3.02. The Morgan fingerprint density at radius 3 is 2.62 bits per heavy atom. The zero-order valence-electron chi connectivity index (χ0n) is 13.6. The van der Waals surface area contributed by atoms with Crippen molar-refractivity contribution in [1.82, 2.24) is 0 Å². The lowest BCUT2D eigenvalue weighted by Crippen LogP contribution is -2.06. The number of nitro benzene ring substituents is 1. The van der Waals surface area contributed by atoms with Gasteiger partial charge in [0.25, 0.3) is 5.69 Å². The molecular formula is C18H13ClN2O4S. The predicted octanol–water partition coefficient (Wildman–Crippen LogP) is 4.87. The number of hydrogen-bond acceptors (Lipinski definition) is 6. The van der Waals surface area contributed by atoms with Crippen molar-refractivity contribution < 1.29 is 14.5 Å². The fraction of sp³-hybridized carbons (Fsp3) is 0.111. The SMILES string of the molecule is CCOC(=O)/C(C#N)=C/c1ccc(Sc2ccc(Cl)cc2)c([N+](=O)[O-])c1. The highest BCUT2D eigenvalue weighted by Gasteiger charge is 2.17. The lowest BCUT2D eigenvalue weighted by atomic mass is 10.1. The summed E-state index contributed by atoms with van der Waals surface area (Å²) in [5.74, 6) is -0.766. The van der Waals surface area contributed by atoms with Crippen LogP contribution >= 0.6 is 23.4 Å². The maximum atomic E-state index is 11.7. The molecule has 0 aliphatic rings. The third-order valence-electron chi connectivity index (χ3n) is 3.15. The van der Waals surface area contributed by atoms with Gasteiger partial charge >= 0.3 is 5.97 Å². The summed E-state index contributed by atoms with van der Waals surface area (Å²) in [4.78, 5) is 23.8. The molecule has 6 nitrogen and oxygen atoms in total. The number of benzene rings is 2. The third kappa shape index (κ3) is 5.09. The molecule has 0 atom stereocenters. The highest BCUT2D eigenvalue weighted by atomic mass is 35.5. The summed E-state index contributed by atoms with van der Waals surface area (Å²) in [5, 5.41) is 21.0. The van der Waals surface area contributed by atoms with Crippen LogP contribution in [-0.4, -0.2) is 17.5 Å². The van der Waals surface area contributed by atoms with Gasteiger partial charge in [-0.15, -0.1) is 0 Å². The van der Waals surface area contributed by atoms with Gasteiger partial charge in [0.2, 0.25) is 0 Å². The van der Waals surface area contributed by atoms with Gasteiger partial charge in [0.05, 0.1) is 16.4 Å². The minimum atomic E-state index is -0.766. The molecule has 0 amide bonds. The van der Waals surface area contributed by atoms with E-state index in [2.05, 4.69) is 0 Å². The Hall–Kier alpha value is -2.82. The van der Waals surface area contributed by atoms with Gasteiger partial charge in [0.1, 0.15) is 11.6 Å². The highest BCUT2D eigenvalue weighted by molar-refractivity contribution is 7.99. The lowest BCUT2D eigenvalue weighted by Gasteiger charge is -2.05. The minimum absolute atomic E-state index is 0.125. The van der Waals surface area contributed by atoms with Crippen LogP contribution in [0.2, 0.25) is 5.02 Å². The summed E-state index contributed by atoms with van der Waals surface area (Å²) < 4.78 is 4.78. The van der Waals surface area contributed by atoms with Crippen LogP contribution in [0.1, 0.15) is 12.5 Å². The average molecular weight is 389 g/mol. The number of rotatable bonds is 6. The van der Waals surface area contributed by atoms with Crippen molar-refractivity contribution in [2.45, 2.75) is 16.7 Å². The number of nitriles is 1. The Kier molecular flexibility index (Phi) is 6.78. The fourth-order valence-electron chi connectivity index (χ4n) is 2.00. The number of nitrogens with zero attached hydrogens (tertiary/aromatic N) is 2. The molecule has 132 valence electrons. The van der Waals surface area contributed by atoms with E-state index >= 15 is 0 Å². The van der Waals surface area contributed by atoms with E-state index in [0.29, 0.717) is 15.5 Å². The van der Waals surface area contributed by atoms with Crippen LogP contribution < -0.4 is 0 Å². The van der Waals surface area contributed by atoms with Gasteiger partial charge in [-0.05, 0) is 48.9 Å². The van der Waals surface area contributed by atoms with Crippen LogP contribution in [0, 0.1) is 21.4 Å². The van der Waals surface area contributed by atoms with Crippen molar-refractivity contribution in [2.75, 3.05) is 6.61 Å². The Morgan fingerprint density at radius 1 is 1.35 bits per heavy atom. The van der Waals surface area contributed by atoms with Gasteiger partial charge in [0.15, 0.2) is 0 Å². The van der Waals surface area contributed by atoms with E-state index in [4.69, 9.17) is 21.6 Å². The monoisotopic (exact) mass is 388 g/mol. The second-order valence-corrected chi connectivity index (χ2v) is 6.48. The van der Waals surface area contributed by atoms with Gasteiger partial charge < -0.3 is 4.74 Å². The van der Waals surface area contributed by atoms with Crippen LogP contribution in [0.15, 0.2) is 57.8 Å². The molecule has 0 heterocycles. The van der Waals surface area contributed by atoms with Crippen molar-refractivity contribution in [2.24, 2.45) is 0 Å². The smallest absolute Gasteiger partial charge is 0.348 e. The van der Waals surface area contributed by atoms with Gasteiger partial charge in [0, 0.05) is 16.0 Å². The van der Waals surface area contributed by atoms with Crippen molar-refractivity contribution >= 4 is 41.1 Å². The Labute approximate surface area is 159 Å². The van der Waals surface area contributed by atoms with Crippen molar-refractivity contribution in [1.29, 1.82) is 5.26 Å². The average Bonchev–Trinajstić information content (AvgIpc) is 2.62. The van der Waals surface area contributed by atoms with Gasteiger partial charge in [-0.2, -0.15) is 5.26 Å². The van der Waals surface area contributed by atoms with E-state index in [1.54, 1.807) is 49.4 Å².